The standard InChI is InChI=1S/C14H20N4O2/c1-10(2)7-5-6-8-18-13(19)11-12(15-9-16(11)3)17(4)14(18)20/h7,9H,5-6,8H2,1-4H3. The Morgan fingerprint density at radius 1 is 1.30 bits per heavy atom. The van der Waals surface area contributed by atoms with Crippen LogP contribution in [-0.4, -0.2) is 18.7 Å². The van der Waals surface area contributed by atoms with Gasteiger partial charge >= 0.3 is 5.69 Å². The van der Waals surface area contributed by atoms with E-state index in [4.69, 9.17) is 0 Å². The maximum Gasteiger partial charge on any atom is 0.332 e. The molecule has 0 atom stereocenters. The molecule has 0 bridgehead atoms. The van der Waals surface area contributed by atoms with Gasteiger partial charge in [0, 0.05) is 20.6 Å². The first-order valence-corrected chi connectivity index (χ1v) is 6.67. The van der Waals surface area contributed by atoms with E-state index in [0.717, 1.165) is 12.8 Å². The predicted molar refractivity (Wildman–Crippen MR) is 78.9 cm³/mol. The Kier molecular flexibility index (Phi) is 3.92. The molecule has 0 aliphatic carbocycles. The van der Waals surface area contributed by atoms with Crippen molar-refractivity contribution in [2.75, 3.05) is 0 Å². The smallest absolute Gasteiger partial charge is 0.328 e. The second kappa shape index (κ2) is 5.48. The molecule has 20 heavy (non-hydrogen) atoms. The van der Waals surface area contributed by atoms with Crippen molar-refractivity contribution < 1.29 is 0 Å². The summed E-state index contributed by atoms with van der Waals surface area (Å²) in [5.74, 6) is 0. The normalized spacial score (nSPS) is 11.0. The van der Waals surface area contributed by atoms with Crippen LogP contribution in [0.15, 0.2) is 27.6 Å². The highest BCUT2D eigenvalue weighted by molar-refractivity contribution is 5.69. The van der Waals surface area contributed by atoms with Crippen LogP contribution >= 0.6 is 0 Å². The number of hydrogen-bond donors (Lipinski definition) is 0. The lowest BCUT2D eigenvalue weighted by Crippen LogP contribution is -2.39. The van der Waals surface area contributed by atoms with E-state index in [1.54, 1.807) is 25.0 Å². The van der Waals surface area contributed by atoms with Gasteiger partial charge in [-0.3, -0.25) is 13.9 Å². The summed E-state index contributed by atoms with van der Waals surface area (Å²) in [6.45, 7) is 4.50. The van der Waals surface area contributed by atoms with Gasteiger partial charge < -0.3 is 4.57 Å². The van der Waals surface area contributed by atoms with Gasteiger partial charge in [-0.1, -0.05) is 11.6 Å². The summed E-state index contributed by atoms with van der Waals surface area (Å²) in [6, 6.07) is 0. The number of fused-ring (bicyclic) bond motifs is 1. The molecule has 0 spiro atoms. The highest BCUT2D eigenvalue weighted by atomic mass is 16.2. The first-order chi connectivity index (χ1) is 9.43. The minimum atomic E-state index is -0.307. The summed E-state index contributed by atoms with van der Waals surface area (Å²) in [5, 5.41) is 0. The SMILES string of the molecule is CC(C)=CCCCn1c(=O)c2c(ncn2C)n(C)c1=O. The Morgan fingerprint density at radius 2 is 2.00 bits per heavy atom. The molecule has 2 rings (SSSR count). The van der Waals surface area contributed by atoms with E-state index in [-0.39, 0.29) is 11.2 Å². The molecule has 0 saturated heterocycles. The zero-order valence-corrected chi connectivity index (χ0v) is 12.4. The lowest BCUT2D eigenvalue weighted by atomic mass is 10.2. The molecule has 0 saturated carbocycles. The van der Waals surface area contributed by atoms with Crippen molar-refractivity contribution in [3.63, 3.8) is 0 Å². The van der Waals surface area contributed by atoms with Crippen LogP contribution in [-0.2, 0) is 20.6 Å². The number of aromatic nitrogens is 4. The van der Waals surface area contributed by atoms with Crippen LogP contribution < -0.4 is 11.2 Å². The molecule has 0 radical (unpaired) electrons. The summed E-state index contributed by atoms with van der Waals surface area (Å²) < 4.78 is 4.38. The Hall–Kier alpha value is -2.11. The molecule has 0 fully saturated rings. The fourth-order valence-corrected chi connectivity index (χ4v) is 2.23. The summed E-state index contributed by atoms with van der Waals surface area (Å²) in [5.41, 5.74) is 1.57. The number of allylic oxidation sites excluding steroid dienone is 2. The number of nitrogens with zero attached hydrogens (tertiary/aromatic N) is 4. The van der Waals surface area contributed by atoms with E-state index in [9.17, 15) is 9.59 Å². The van der Waals surface area contributed by atoms with Crippen molar-refractivity contribution in [3.8, 4) is 0 Å². The molecular weight excluding hydrogens is 256 g/mol. The fourth-order valence-electron chi connectivity index (χ4n) is 2.23. The fraction of sp³-hybridized carbons (Fsp3) is 0.500. The molecule has 0 unspecified atom stereocenters. The lowest BCUT2D eigenvalue weighted by Gasteiger charge is -2.07. The van der Waals surface area contributed by atoms with Gasteiger partial charge in [0.1, 0.15) is 0 Å². The average Bonchev–Trinajstić information content (AvgIpc) is 2.77. The molecule has 108 valence electrons. The summed E-state index contributed by atoms with van der Waals surface area (Å²) in [4.78, 5) is 28.7. The first kappa shape index (κ1) is 14.3. The van der Waals surface area contributed by atoms with E-state index in [1.807, 2.05) is 13.8 Å². The molecule has 2 heterocycles. The monoisotopic (exact) mass is 276 g/mol. The van der Waals surface area contributed by atoms with Crippen molar-refractivity contribution in [2.24, 2.45) is 14.1 Å². The maximum absolute atomic E-state index is 12.4. The van der Waals surface area contributed by atoms with E-state index >= 15 is 0 Å². The van der Waals surface area contributed by atoms with Crippen LogP contribution in [0.2, 0.25) is 0 Å². The van der Waals surface area contributed by atoms with Gasteiger partial charge in [0.05, 0.1) is 6.33 Å². The molecule has 2 aromatic rings. The van der Waals surface area contributed by atoms with Crippen LogP contribution in [0.5, 0.6) is 0 Å². The van der Waals surface area contributed by atoms with Crippen LogP contribution in [0.1, 0.15) is 26.7 Å². The summed E-state index contributed by atoms with van der Waals surface area (Å²) >= 11 is 0. The third-order valence-electron chi connectivity index (χ3n) is 3.34. The molecule has 0 aliphatic heterocycles. The average molecular weight is 276 g/mol. The minimum absolute atomic E-state index is 0.264. The van der Waals surface area contributed by atoms with Gasteiger partial charge in [-0.15, -0.1) is 0 Å². The molecule has 0 aromatic carbocycles. The Balaban J connectivity index is 2.43. The number of unbranched alkanes of at least 4 members (excludes halogenated alkanes) is 1. The van der Waals surface area contributed by atoms with Gasteiger partial charge in [0.2, 0.25) is 0 Å². The summed E-state index contributed by atoms with van der Waals surface area (Å²) in [7, 11) is 3.40. The van der Waals surface area contributed by atoms with Crippen LogP contribution in [0.25, 0.3) is 11.2 Å². The molecule has 6 heteroatoms. The third-order valence-corrected chi connectivity index (χ3v) is 3.34. The lowest BCUT2D eigenvalue weighted by molar-refractivity contribution is 0.575. The Labute approximate surface area is 117 Å². The highest BCUT2D eigenvalue weighted by Crippen LogP contribution is 2.04. The largest absolute Gasteiger partial charge is 0.332 e. The number of aryl methyl sites for hydroxylation is 2. The Bertz CT molecular complexity index is 773. The highest BCUT2D eigenvalue weighted by Gasteiger charge is 2.14. The van der Waals surface area contributed by atoms with Gasteiger partial charge in [0.15, 0.2) is 11.2 Å². The molecule has 2 aromatic heterocycles. The third kappa shape index (κ3) is 2.45. The van der Waals surface area contributed by atoms with Gasteiger partial charge in [-0.05, 0) is 26.7 Å². The predicted octanol–water partition coefficient (Wildman–Crippen LogP) is 1.18. The quantitative estimate of drug-likeness (QED) is 0.622. The first-order valence-electron chi connectivity index (χ1n) is 6.67. The van der Waals surface area contributed by atoms with Crippen molar-refractivity contribution in [3.05, 3.63) is 38.8 Å². The number of rotatable bonds is 4. The minimum Gasteiger partial charge on any atom is -0.328 e. The van der Waals surface area contributed by atoms with Crippen LogP contribution in [0.3, 0.4) is 0 Å². The second-order valence-corrected chi connectivity index (χ2v) is 5.25. The molecule has 6 nitrogen and oxygen atoms in total. The second-order valence-electron chi connectivity index (χ2n) is 5.25. The topological polar surface area (TPSA) is 61.8 Å². The molecule has 0 N–H and O–H groups in total. The van der Waals surface area contributed by atoms with Crippen molar-refractivity contribution in [1.29, 1.82) is 0 Å². The van der Waals surface area contributed by atoms with Gasteiger partial charge in [0.25, 0.3) is 5.56 Å². The number of hydrogen-bond acceptors (Lipinski definition) is 3. The summed E-state index contributed by atoms with van der Waals surface area (Å²) in [6.07, 6.45) is 5.29. The van der Waals surface area contributed by atoms with E-state index in [1.165, 1.54) is 14.7 Å². The molecule has 0 amide bonds. The number of imidazole rings is 1. The molecule has 0 aliphatic rings. The van der Waals surface area contributed by atoms with Gasteiger partial charge in [-0.2, -0.15) is 0 Å². The van der Waals surface area contributed by atoms with E-state index < -0.39 is 0 Å². The van der Waals surface area contributed by atoms with Crippen molar-refractivity contribution in [1.82, 2.24) is 18.7 Å². The van der Waals surface area contributed by atoms with E-state index in [2.05, 4.69) is 11.1 Å². The van der Waals surface area contributed by atoms with Crippen LogP contribution in [0, 0.1) is 0 Å². The van der Waals surface area contributed by atoms with Crippen molar-refractivity contribution in [2.45, 2.75) is 33.2 Å². The van der Waals surface area contributed by atoms with E-state index in [0.29, 0.717) is 17.7 Å². The zero-order chi connectivity index (χ0) is 14.9. The van der Waals surface area contributed by atoms with Crippen molar-refractivity contribution >= 4 is 11.2 Å². The van der Waals surface area contributed by atoms with Crippen LogP contribution in [0.4, 0.5) is 0 Å². The maximum atomic E-state index is 12.4. The molecular formula is C14H20N4O2. The van der Waals surface area contributed by atoms with Gasteiger partial charge in [-0.25, -0.2) is 9.78 Å². The zero-order valence-electron chi connectivity index (χ0n) is 12.4. The Morgan fingerprint density at radius 3 is 2.65 bits per heavy atom.